The molecule has 0 bridgehead atoms. The second kappa shape index (κ2) is 8.76. The van der Waals surface area contributed by atoms with Crippen LogP contribution >= 0.6 is 0 Å². The van der Waals surface area contributed by atoms with E-state index in [0.717, 1.165) is 68.4 Å². The molecule has 8 rings (SSSR count). The van der Waals surface area contributed by atoms with Gasteiger partial charge in [0.05, 0.1) is 28.3 Å². The van der Waals surface area contributed by atoms with E-state index in [9.17, 15) is 4.79 Å². The zero-order chi connectivity index (χ0) is 30.1. The summed E-state index contributed by atoms with van der Waals surface area (Å²) in [6.07, 6.45) is 1.70. The van der Waals surface area contributed by atoms with Crippen LogP contribution in [0.25, 0.3) is 32.9 Å². The van der Waals surface area contributed by atoms with Gasteiger partial charge in [0.2, 0.25) is 0 Å². The van der Waals surface area contributed by atoms with Crippen LogP contribution in [-0.2, 0) is 20.7 Å². The Morgan fingerprint density at radius 1 is 1.02 bits per heavy atom. The molecule has 1 aliphatic carbocycles. The lowest BCUT2D eigenvalue weighted by Gasteiger charge is -2.32. The number of hydrogen-bond donors (Lipinski definition) is 1. The molecule has 4 heterocycles. The maximum Gasteiger partial charge on any atom is 0.494 e. The first-order chi connectivity index (χ1) is 20.3. The molecule has 4 aromatic rings. The highest BCUT2D eigenvalue weighted by Gasteiger charge is 2.56. The normalized spacial score (nSPS) is 25.0. The smallest absolute Gasteiger partial charge is 0.488 e. The lowest BCUT2D eigenvalue weighted by Crippen LogP contribution is -2.41. The second-order valence-electron chi connectivity index (χ2n) is 14.6. The fourth-order valence-electron chi connectivity index (χ4n) is 6.89. The molecule has 3 aliphatic heterocycles. The molecule has 0 spiro atoms. The summed E-state index contributed by atoms with van der Waals surface area (Å²) in [7, 11) is -0.409. The maximum atomic E-state index is 13.2. The van der Waals surface area contributed by atoms with Gasteiger partial charge >= 0.3 is 13.2 Å². The number of piperidine rings is 1. The summed E-state index contributed by atoms with van der Waals surface area (Å²) < 4.78 is 24.7. The molecule has 8 nitrogen and oxygen atoms in total. The predicted octanol–water partition coefficient (Wildman–Crippen LogP) is 6.65. The molecule has 1 aromatic heterocycles. The number of likely N-dealkylation sites (tertiary alicyclic amines) is 1. The van der Waals surface area contributed by atoms with E-state index < -0.39 is 12.7 Å². The van der Waals surface area contributed by atoms with Gasteiger partial charge in [-0.3, -0.25) is 4.90 Å². The number of rotatable bonds is 2. The summed E-state index contributed by atoms with van der Waals surface area (Å²) in [6, 6.07) is 15.1. The third kappa shape index (κ3) is 4.26. The summed E-state index contributed by atoms with van der Waals surface area (Å²) in [6.45, 7) is 14.5. The number of nitrogens with zero attached hydrogens (tertiary/aromatic N) is 2. The van der Waals surface area contributed by atoms with Gasteiger partial charge in [-0.2, -0.15) is 0 Å². The molecule has 0 radical (unpaired) electrons. The highest BCUT2D eigenvalue weighted by Crippen LogP contribution is 2.54. The molecule has 1 N–H and O–H groups in total. The summed E-state index contributed by atoms with van der Waals surface area (Å²) in [4.78, 5) is 23.6. The van der Waals surface area contributed by atoms with Gasteiger partial charge < -0.3 is 23.8 Å². The first kappa shape index (κ1) is 27.0. The molecule has 222 valence electrons. The van der Waals surface area contributed by atoms with Crippen molar-refractivity contribution >= 4 is 40.5 Å². The van der Waals surface area contributed by atoms with Crippen LogP contribution in [0.3, 0.4) is 0 Å². The van der Waals surface area contributed by atoms with Gasteiger partial charge in [-0.25, -0.2) is 9.78 Å². The van der Waals surface area contributed by atoms with Crippen LogP contribution in [0.1, 0.15) is 78.7 Å². The molecule has 3 aromatic carbocycles. The fraction of sp³-hybridized carbons (Fsp3) is 0.471. The quantitative estimate of drug-likeness (QED) is 0.268. The third-order valence-corrected chi connectivity index (χ3v) is 9.94. The SMILES string of the molecule is CC(C)(C)OC(=O)N1C2C[C@@H]2C[C@H]1c1nc2ccc3cc4c(cc3c2[nH]1)OCc1cc(B2OC(C)(C)C(C)(C)O2)ccc1-4. The Hall–Kier alpha value is -3.56. The van der Waals surface area contributed by atoms with Crippen LogP contribution in [0.15, 0.2) is 42.5 Å². The summed E-state index contributed by atoms with van der Waals surface area (Å²) in [5.74, 6) is 2.19. The minimum Gasteiger partial charge on any atom is -0.488 e. The highest BCUT2D eigenvalue weighted by molar-refractivity contribution is 6.62. The summed E-state index contributed by atoms with van der Waals surface area (Å²) in [5, 5.41) is 2.16. The van der Waals surface area contributed by atoms with E-state index in [0.29, 0.717) is 12.5 Å². The van der Waals surface area contributed by atoms with Crippen molar-refractivity contribution in [1.82, 2.24) is 14.9 Å². The standard InChI is InChI=1S/C34H38BN3O5/c1-32(2,3)41-31(39)38-26-14-19(26)15-27(38)30-36-25-11-8-18-13-24-22-10-9-21(35-42-33(4,5)34(6,7)43-35)12-20(22)17-40-28(24)16-23(18)29(25)37-30/h8-13,16,19,26-27H,14-15,17H2,1-7H3,(H,36,37)/t19-,26?,27+/m1/s1. The minimum absolute atomic E-state index is 0.111. The predicted molar refractivity (Wildman–Crippen MR) is 166 cm³/mol. The molecular weight excluding hydrogens is 541 g/mol. The Bertz CT molecular complexity index is 1810. The Kier molecular flexibility index (Phi) is 5.51. The lowest BCUT2D eigenvalue weighted by molar-refractivity contribution is 0.00578. The van der Waals surface area contributed by atoms with Crippen molar-refractivity contribution in [3.8, 4) is 16.9 Å². The molecule has 3 atom stereocenters. The first-order valence-electron chi connectivity index (χ1n) is 15.4. The number of nitrogens with one attached hydrogen (secondary N) is 1. The number of carbonyl (C=O) groups excluding carboxylic acids is 1. The van der Waals surface area contributed by atoms with Crippen LogP contribution in [0, 0.1) is 5.92 Å². The monoisotopic (exact) mass is 579 g/mol. The van der Waals surface area contributed by atoms with E-state index in [1.807, 2.05) is 25.7 Å². The molecule has 1 amide bonds. The van der Waals surface area contributed by atoms with Crippen LogP contribution < -0.4 is 10.2 Å². The van der Waals surface area contributed by atoms with E-state index in [-0.39, 0.29) is 29.4 Å². The van der Waals surface area contributed by atoms with E-state index in [4.69, 9.17) is 23.8 Å². The van der Waals surface area contributed by atoms with Crippen LogP contribution in [-0.4, -0.2) is 50.9 Å². The van der Waals surface area contributed by atoms with Crippen molar-refractivity contribution in [2.45, 2.75) is 96.8 Å². The van der Waals surface area contributed by atoms with Gasteiger partial charge in [-0.05, 0) is 107 Å². The van der Waals surface area contributed by atoms with Gasteiger partial charge in [0.15, 0.2) is 0 Å². The zero-order valence-electron chi connectivity index (χ0n) is 25.9. The number of H-pyrrole nitrogens is 1. The van der Waals surface area contributed by atoms with Crippen LogP contribution in [0.5, 0.6) is 5.75 Å². The summed E-state index contributed by atoms with van der Waals surface area (Å²) >= 11 is 0. The topological polar surface area (TPSA) is 85.9 Å². The number of fused-ring (bicyclic) bond motifs is 7. The van der Waals surface area contributed by atoms with E-state index in [1.54, 1.807) is 0 Å². The fourth-order valence-corrected chi connectivity index (χ4v) is 6.89. The molecule has 43 heavy (non-hydrogen) atoms. The van der Waals surface area contributed by atoms with Crippen molar-refractivity contribution in [3.05, 3.63) is 53.9 Å². The van der Waals surface area contributed by atoms with Crippen molar-refractivity contribution in [1.29, 1.82) is 0 Å². The van der Waals surface area contributed by atoms with Crippen molar-refractivity contribution < 1.29 is 23.6 Å². The average Bonchev–Trinajstić information content (AvgIpc) is 3.28. The molecule has 1 saturated carbocycles. The number of carbonyl (C=O) groups is 1. The summed E-state index contributed by atoms with van der Waals surface area (Å²) in [5.41, 5.74) is 4.88. The van der Waals surface area contributed by atoms with E-state index in [2.05, 4.69) is 75.1 Å². The number of aromatic nitrogens is 2. The highest BCUT2D eigenvalue weighted by atomic mass is 16.7. The molecule has 4 aliphatic rings. The lowest BCUT2D eigenvalue weighted by atomic mass is 9.77. The largest absolute Gasteiger partial charge is 0.494 e. The molecule has 3 fully saturated rings. The third-order valence-electron chi connectivity index (χ3n) is 9.94. The van der Waals surface area contributed by atoms with Gasteiger partial charge in [0.1, 0.15) is 23.8 Å². The van der Waals surface area contributed by atoms with Crippen molar-refractivity contribution in [3.63, 3.8) is 0 Å². The number of imidazole rings is 1. The van der Waals surface area contributed by atoms with E-state index in [1.165, 1.54) is 0 Å². The maximum absolute atomic E-state index is 13.2. The molecule has 1 unspecified atom stereocenters. The number of hydrogen-bond acceptors (Lipinski definition) is 6. The average molecular weight is 580 g/mol. The number of ether oxygens (including phenoxy) is 2. The Labute approximate surface area is 252 Å². The molecular formula is C34H38BN3O5. The van der Waals surface area contributed by atoms with Gasteiger partial charge in [-0.15, -0.1) is 0 Å². The first-order valence-corrected chi connectivity index (χ1v) is 15.4. The number of amides is 1. The Balaban J connectivity index is 1.13. The number of aromatic amines is 1. The zero-order valence-corrected chi connectivity index (χ0v) is 25.9. The van der Waals surface area contributed by atoms with Crippen LogP contribution in [0.4, 0.5) is 4.79 Å². The van der Waals surface area contributed by atoms with E-state index >= 15 is 0 Å². The van der Waals surface area contributed by atoms with Gasteiger partial charge in [0.25, 0.3) is 0 Å². The van der Waals surface area contributed by atoms with Gasteiger partial charge in [0, 0.05) is 17.0 Å². The molecule has 9 heteroatoms. The minimum atomic E-state index is -0.538. The Morgan fingerprint density at radius 3 is 2.53 bits per heavy atom. The van der Waals surface area contributed by atoms with Crippen LogP contribution in [0.2, 0.25) is 0 Å². The Morgan fingerprint density at radius 2 is 1.79 bits per heavy atom. The second-order valence-corrected chi connectivity index (χ2v) is 14.6. The van der Waals surface area contributed by atoms with Gasteiger partial charge in [-0.1, -0.05) is 24.3 Å². The van der Waals surface area contributed by atoms with Crippen molar-refractivity contribution in [2.75, 3.05) is 0 Å². The van der Waals surface area contributed by atoms with Crippen molar-refractivity contribution in [2.24, 2.45) is 5.92 Å². The number of benzene rings is 3. The molecule has 2 saturated heterocycles.